The Morgan fingerprint density at radius 3 is 1.41 bits per heavy atom. The molecule has 0 radical (unpaired) electrons. The van der Waals surface area contributed by atoms with Crippen LogP contribution in [0.25, 0.3) is 0 Å². The number of unbranched alkanes of at least 4 members (excludes halogenated alkanes) is 1. The van der Waals surface area contributed by atoms with Gasteiger partial charge in [0.1, 0.15) is 60.4 Å². The summed E-state index contributed by atoms with van der Waals surface area (Å²) in [5.74, 6) is -8.33. The summed E-state index contributed by atoms with van der Waals surface area (Å²) in [4.78, 5) is 152. The van der Waals surface area contributed by atoms with E-state index in [0.717, 1.165) is 0 Å². The number of nitrogens with two attached hydrogens (primary N) is 2. The van der Waals surface area contributed by atoms with E-state index in [0.29, 0.717) is 31.2 Å². The highest BCUT2D eigenvalue weighted by Gasteiger charge is 2.42. The van der Waals surface area contributed by atoms with Gasteiger partial charge in [0.05, 0.1) is 6.10 Å². The van der Waals surface area contributed by atoms with Gasteiger partial charge in [-0.05, 0) is 113 Å². The van der Waals surface area contributed by atoms with Gasteiger partial charge in [0.15, 0.2) is 0 Å². The highest BCUT2D eigenvalue weighted by atomic mass is 16.3. The zero-order valence-electron chi connectivity index (χ0n) is 50.6. The highest BCUT2D eigenvalue weighted by Crippen LogP contribution is 2.21. The van der Waals surface area contributed by atoms with E-state index in [4.69, 9.17) is 11.5 Å². The first-order chi connectivity index (χ1) is 38.4. The van der Waals surface area contributed by atoms with Crippen molar-refractivity contribution >= 4 is 65.0 Å². The van der Waals surface area contributed by atoms with Crippen molar-refractivity contribution < 1.29 is 57.8 Å². The number of nitrogens with zero attached hydrogens (tertiary/aromatic N) is 1. The van der Waals surface area contributed by atoms with E-state index in [2.05, 4.69) is 47.9 Å². The Kier molecular flexibility index (Phi) is 30.8. The van der Waals surface area contributed by atoms with E-state index in [1.54, 1.807) is 44.2 Å². The standard InChI is InChI=1S/C58H98N12O12/c1-31(2)26-41(62-38(13)72)52(76)61-36(11)50(74)64-42(27-32(3)4)53(77)63-40(22-17-18-24-59)51(75)67-45(30-39-20-15-14-16-21-39)55(79)65-43(28-33(5)6)54(78)66-44(29-34(7)8)56(80)69-48(37(12)71)58(82)70-25-19-23-46(70)57(81)68-47(35(9)10)49(60)73/h14-16,20-21,31-37,40-48,71H,17-19,22-30,59H2,1-13H3,(H2,60,73)(H,61,76)(H,62,72)(H,63,77)(H,64,74)(H,65,79)(H,66,78)(H,67,75)(H,68,81)(H,69,80)/t36-,37+,40-,41-,42-,43-,44-,45-,46-,47-,48-/m0/s1. The lowest BCUT2D eigenvalue weighted by molar-refractivity contribution is -0.144. The van der Waals surface area contributed by atoms with Crippen LogP contribution in [0.3, 0.4) is 0 Å². The van der Waals surface area contributed by atoms with Crippen molar-refractivity contribution in [1.29, 1.82) is 0 Å². The molecule has 11 atom stereocenters. The summed E-state index contributed by atoms with van der Waals surface area (Å²) in [5.41, 5.74) is 12.0. The van der Waals surface area contributed by atoms with Gasteiger partial charge in [0, 0.05) is 19.9 Å². The summed E-state index contributed by atoms with van der Waals surface area (Å²) >= 11 is 0. The number of carbonyl (C=O) groups excluding carboxylic acids is 11. The summed E-state index contributed by atoms with van der Waals surface area (Å²) in [6.45, 7) is 22.6. The second kappa shape index (κ2) is 35.3. The molecule has 82 heavy (non-hydrogen) atoms. The third-order valence-corrected chi connectivity index (χ3v) is 13.8. The third-order valence-electron chi connectivity index (χ3n) is 13.8. The van der Waals surface area contributed by atoms with Gasteiger partial charge in [-0.2, -0.15) is 0 Å². The number of carbonyl (C=O) groups is 11. The number of benzene rings is 1. The molecule has 14 N–H and O–H groups in total. The smallest absolute Gasteiger partial charge is 0.248 e. The third kappa shape index (κ3) is 24.8. The van der Waals surface area contributed by atoms with Crippen LogP contribution in [0, 0.1) is 29.6 Å². The minimum Gasteiger partial charge on any atom is -0.391 e. The molecule has 1 fully saturated rings. The first-order valence-corrected chi connectivity index (χ1v) is 29.1. The number of aliphatic hydroxyl groups is 1. The molecule has 0 unspecified atom stereocenters. The van der Waals surface area contributed by atoms with E-state index >= 15 is 0 Å². The van der Waals surface area contributed by atoms with Gasteiger partial charge in [-0.15, -0.1) is 0 Å². The Morgan fingerprint density at radius 2 is 0.963 bits per heavy atom. The monoisotopic (exact) mass is 1150 g/mol. The van der Waals surface area contributed by atoms with E-state index in [1.165, 1.54) is 25.7 Å². The van der Waals surface area contributed by atoms with Crippen molar-refractivity contribution in [3.63, 3.8) is 0 Å². The number of hydrogen-bond donors (Lipinski definition) is 12. The fraction of sp³-hybridized carbons (Fsp3) is 0.707. The molecule has 1 saturated heterocycles. The van der Waals surface area contributed by atoms with Gasteiger partial charge in [0.25, 0.3) is 0 Å². The van der Waals surface area contributed by atoms with Gasteiger partial charge in [-0.1, -0.05) is 99.6 Å². The van der Waals surface area contributed by atoms with Gasteiger partial charge >= 0.3 is 0 Å². The van der Waals surface area contributed by atoms with Crippen LogP contribution in [-0.2, 0) is 59.2 Å². The van der Waals surface area contributed by atoms with E-state index < -0.39 is 132 Å². The quantitative estimate of drug-likeness (QED) is 0.0412. The molecule has 1 aliphatic heterocycles. The van der Waals surface area contributed by atoms with E-state index in [-0.39, 0.29) is 81.2 Å². The topological polar surface area (TPSA) is 372 Å². The molecule has 0 aromatic heterocycles. The fourth-order valence-electron chi connectivity index (χ4n) is 9.58. The summed E-state index contributed by atoms with van der Waals surface area (Å²) < 4.78 is 0. The molecule has 2 rings (SSSR count). The molecule has 0 bridgehead atoms. The lowest BCUT2D eigenvalue weighted by Gasteiger charge is -2.32. The molecule has 1 aliphatic rings. The molecular formula is C58H98N12O12. The van der Waals surface area contributed by atoms with Gasteiger partial charge < -0.3 is 69.3 Å². The molecule has 0 saturated carbocycles. The lowest BCUT2D eigenvalue weighted by atomic mass is 9.98. The molecule has 24 nitrogen and oxygen atoms in total. The number of aliphatic hydroxyl groups excluding tert-OH is 1. The minimum atomic E-state index is -1.55. The normalized spacial score (nSPS) is 17.0. The molecule has 1 aromatic carbocycles. The van der Waals surface area contributed by atoms with Crippen LogP contribution in [0.1, 0.15) is 153 Å². The second-order valence-corrected chi connectivity index (χ2v) is 23.8. The fourth-order valence-corrected chi connectivity index (χ4v) is 9.58. The first-order valence-electron chi connectivity index (χ1n) is 29.1. The Labute approximate surface area is 484 Å². The first kappa shape index (κ1) is 71.4. The number of hydrogen-bond acceptors (Lipinski definition) is 13. The molecule has 24 heteroatoms. The Bertz CT molecular complexity index is 2300. The van der Waals surface area contributed by atoms with Crippen molar-refractivity contribution in [2.45, 2.75) is 221 Å². The minimum absolute atomic E-state index is 0.0440. The zero-order chi connectivity index (χ0) is 62.1. The van der Waals surface area contributed by atoms with Gasteiger partial charge in [-0.3, -0.25) is 52.7 Å². The molecule has 11 amide bonds. The number of amides is 11. The average molecular weight is 1160 g/mol. The number of nitrogens with one attached hydrogen (secondary N) is 9. The Morgan fingerprint density at radius 1 is 0.537 bits per heavy atom. The highest BCUT2D eigenvalue weighted by molar-refractivity contribution is 5.99. The van der Waals surface area contributed by atoms with Gasteiger partial charge in [0.2, 0.25) is 65.0 Å². The number of primary amides is 1. The van der Waals surface area contributed by atoms with Crippen LogP contribution >= 0.6 is 0 Å². The average Bonchev–Trinajstić information content (AvgIpc) is 3.90. The summed E-state index contributed by atoms with van der Waals surface area (Å²) in [5, 5.41) is 35.3. The van der Waals surface area contributed by atoms with E-state index in [1.807, 2.05) is 55.4 Å². The van der Waals surface area contributed by atoms with Crippen molar-refractivity contribution in [3.8, 4) is 0 Å². The SMILES string of the molecule is CC(=O)N[C@@H](CC(C)C)C(=O)N[C@@H](C)C(=O)N[C@@H](CC(C)C)C(=O)N[C@@H](CCCCN)C(=O)N[C@@H](Cc1ccccc1)C(=O)N[C@@H](CC(C)C)C(=O)N[C@@H](CC(C)C)C(=O)N[C@H](C(=O)N1CCC[C@H]1C(=O)N[C@H](C(N)=O)C(C)C)[C@@H](C)O. The number of rotatable bonds is 35. The van der Waals surface area contributed by atoms with Crippen LogP contribution < -0.4 is 59.3 Å². The Balaban J connectivity index is 2.45. The molecule has 0 spiro atoms. The number of likely N-dealkylation sites (tertiary alicyclic amines) is 1. The van der Waals surface area contributed by atoms with Crippen molar-refractivity contribution in [1.82, 2.24) is 52.8 Å². The zero-order valence-corrected chi connectivity index (χ0v) is 50.6. The molecular weight excluding hydrogens is 1060 g/mol. The molecule has 462 valence electrons. The van der Waals surface area contributed by atoms with Crippen LogP contribution in [-0.4, -0.2) is 155 Å². The van der Waals surface area contributed by atoms with E-state index in [9.17, 15) is 57.8 Å². The van der Waals surface area contributed by atoms with Crippen molar-refractivity contribution in [2.24, 2.45) is 41.1 Å². The maximum Gasteiger partial charge on any atom is 0.248 e. The predicted molar refractivity (Wildman–Crippen MR) is 310 cm³/mol. The van der Waals surface area contributed by atoms with Crippen molar-refractivity contribution in [2.75, 3.05) is 13.1 Å². The maximum absolute atomic E-state index is 14.6. The van der Waals surface area contributed by atoms with Crippen LogP contribution in [0.15, 0.2) is 30.3 Å². The predicted octanol–water partition coefficient (Wildman–Crippen LogP) is 0.459. The van der Waals surface area contributed by atoms with Crippen LogP contribution in [0.5, 0.6) is 0 Å². The van der Waals surface area contributed by atoms with Crippen LogP contribution in [0.4, 0.5) is 0 Å². The van der Waals surface area contributed by atoms with Gasteiger partial charge in [-0.25, -0.2) is 0 Å². The van der Waals surface area contributed by atoms with Crippen LogP contribution in [0.2, 0.25) is 0 Å². The van der Waals surface area contributed by atoms with Crippen molar-refractivity contribution in [3.05, 3.63) is 35.9 Å². The molecule has 1 aromatic rings. The summed E-state index contributed by atoms with van der Waals surface area (Å²) in [6.07, 6.45) is 0.762. The molecule has 0 aliphatic carbocycles. The summed E-state index contributed by atoms with van der Waals surface area (Å²) in [6, 6.07) is -3.06. The maximum atomic E-state index is 14.6. The molecule has 1 heterocycles. The summed E-state index contributed by atoms with van der Waals surface area (Å²) in [7, 11) is 0. The Hall–Kier alpha value is -6.69. The lowest BCUT2D eigenvalue weighted by Crippen LogP contribution is -2.62. The second-order valence-electron chi connectivity index (χ2n) is 23.8. The largest absolute Gasteiger partial charge is 0.391 e.